The predicted molar refractivity (Wildman–Crippen MR) is 45.1 cm³/mol. The van der Waals surface area contributed by atoms with Gasteiger partial charge in [-0.15, -0.1) is 11.8 Å². The van der Waals surface area contributed by atoms with E-state index in [1.807, 2.05) is 13.2 Å². The average Bonchev–Trinajstić information content (AvgIpc) is 2.34. The summed E-state index contributed by atoms with van der Waals surface area (Å²) in [6.07, 6.45) is 4.86. The highest BCUT2D eigenvalue weighted by Gasteiger charge is 2.18. The molecule has 1 rings (SSSR count). The smallest absolute Gasteiger partial charge is 0.159 e. The minimum atomic E-state index is 0.367. The number of rotatable bonds is 1. The summed E-state index contributed by atoms with van der Waals surface area (Å²) in [5, 5.41) is 0. The van der Waals surface area contributed by atoms with Crippen LogP contribution in [0.2, 0.25) is 0 Å². The molecular formula is C8H12OS. The molecule has 1 saturated carbocycles. The van der Waals surface area contributed by atoms with Crippen LogP contribution in [0.15, 0.2) is 10.5 Å². The molecule has 0 N–H and O–H groups in total. The van der Waals surface area contributed by atoms with Gasteiger partial charge >= 0.3 is 0 Å². The number of hydrogen-bond donors (Lipinski definition) is 0. The van der Waals surface area contributed by atoms with Crippen molar-refractivity contribution in [3.63, 3.8) is 0 Å². The van der Waals surface area contributed by atoms with E-state index in [4.69, 9.17) is 0 Å². The van der Waals surface area contributed by atoms with E-state index in [1.54, 1.807) is 11.8 Å². The van der Waals surface area contributed by atoms with E-state index in [1.165, 1.54) is 4.91 Å². The maximum atomic E-state index is 11.1. The third-order valence-corrected chi connectivity index (χ3v) is 2.76. The van der Waals surface area contributed by atoms with Crippen molar-refractivity contribution in [2.45, 2.75) is 26.2 Å². The van der Waals surface area contributed by atoms with Gasteiger partial charge < -0.3 is 0 Å². The molecule has 0 radical (unpaired) electrons. The lowest BCUT2D eigenvalue weighted by molar-refractivity contribution is -0.114. The fourth-order valence-electron chi connectivity index (χ4n) is 1.21. The molecule has 56 valence electrons. The molecule has 10 heavy (non-hydrogen) atoms. The van der Waals surface area contributed by atoms with Crippen LogP contribution in [0.25, 0.3) is 0 Å². The standard InChI is InChI=1S/C8H12OS/c1-6(10-2)7-4-3-5-8(7)9/h3-5H2,1-2H3. The van der Waals surface area contributed by atoms with Gasteiger partial charge in [-0.3, -0.25) is 4.79 Å². The Bertz CT molecular complexity index is 182. The minimum absolute atomic E-state index is 0.367. The minimum Gasteiger partial charge on any atom is -0.295 e. The molecule has 0 spiro atoms. The van der Waals surface area contributed by atoms with Crippen LogP contribution in [-0.4, -0.2) is 12.0 Å². The summed E-state index contributed by atoms with van der Waals surface area (Å²) in [6.45, 7) is 2.03. The molecule has 0 aliphatic heterocycles. The molecule has 1 aliphatic rings. The summed E-state index contributed by atoms with van der Waals surface area (Å²) in [5.74, 6) is 0.367. The number of allylic oxidation sites excluding steroid dienone is 2. The lowest BCUT2D eigenvalue weighted by Gasteiger charge is -1.98. The molecule has 0 saturated heterocycles. The zero-order chi connectivity index (χ0) is 7.56. The molecule has 0 heterocycles. The number of Topliss-reactive ketones (excluding diaryl/α,β-unsaturated/α-hetero) is 1. The zero-order valence-corrected chi connectivity index (χ0v) is 7.25. The molecular weight excluding hydrogens is 144 g/mol. The second kappa shape index (κ2) is 3.24. The Morgan fingerprint density at radius 1 is 1.50 bits per heavy atom. The average molecular weight is 156 g/mol. The normalized spacial score (nSPS) is 23.6. The summed E-state index contributed by atoms with van der Waals surface area (Å²) >= 11 is 1.68. The summed E-state index contributed by atoms with van der Waals surface area (Å²) in [6, 6.07) is 0. The highest BCUT2D eigenvalue weighted by atomic mass is 32.2. The van der Waals surface area contributed by atoms with Crippen molar-refractivity contribution in [2.24, 2.45) is 0 Å². The fraction of sp³-hybridized carbons (Fsp3) is 0.625. The van der Waals surface area contributed by atoms with Gasteiger partial charge in [-0.25, -0.2) is 0 Å². The van der Waals surface area contributed by atoms with E-state index in [0.29, 0.717) is 5.78 Å². The molecule has 1 aliphatic carbocycles. The predicted octanol–water partition coefficient (Wildman–Crippen LogP) is 2.38. The summed E-state index contributed by atoms with van der Waals surface area (Å²) < 4.78 is 0. The van der Waals surface area contributed by atoms with E-state index in [-0.39, 0.29) is 0 Å². The molecule has 0 bridgehead atoms. The molecule has 0 aromatic rings. The van der Waals surface area contributed by atoms with Gasteiger partial charge in [0, 0.05) is 12.0 Å². The number of carbonyl (C=O) groups is 1. The number of hydrogen-bond acceptors (Lipinski definition) is 2. The van der Waals surface area contributed by atoms with Crippen LogP contribution in [-0.2, 0) is 4.79 Å². The van der Waals surface area contributed by atoms with Gasteiger partial charge in [0.25, 0.3) is 0 Å². The maximum absolute atomic E-state index is 11.1. The lowest BCUT2D eigenvalue weighted by atomic mass is 10.2. The van der Waals surface area contributed by atoms with Crippen molar-refractivity contribution >= 4 is 17.5 Å². The second-order valence-corrected chi connectivity index (χ2v) is 3.54. The van der Waals surface area contributed by atoms with Gasteiger partial charge in [0.15, 0.2) is 5.78 Å². The van der Waals surface area contributed by atoms with Gasteiger partial charge in [0.2, 0.25) is 0 Å². The summed E-state index contributed by atoms with van der Waals surface area (Å²) in [4.78, 5) is 12.3. The van der Waals surface area contributed by atoms with Crippen LogP contribution in [0.4, 0.5) is 0 Å². The Balaban J connectivity index is 2.79. The topological polar surface area (TPSA) is 17.1 Å². The largest absolute Gasteiger partial charge is 0.295 e. The van der Waals surface area contributed by atoms with Crippen molar-refractivity contribution in [3.05, 3.63) is 10.5 Å². The SMILES string of the molecule is CSC(C)=C1CCCC1=O. The van der Waals surface area contributed by atoms with Crippen molar-refractivity contribution in [3.8, 4) is 0 Å². The van der Waals surface area contributed by atoms with E-state index >= 15 is 0 Å². The third kappa shape index (κ3) is 1.43. The molecule has 1 fully saturated rings. The first-order chi connectivity index (χ1) is 4.75. The van der Waals surface area contributed by atoms with Gasteiger partial charge in [0.05, 0.1) is 0 Å². The highest BCUT2D eigenvalue weighted by Crippen LogP contribution is 2.27. The van der Waals surface area contributed by atoms with E-state index in [9.17, 15) is 4.79 Å². The van der Waals surface area contributed by atoms with Gasteiger partial charge in [0.1, 0.15) is 0 Å². The second-order valence-electron chi connectivity index (χ2n) is 2.52. The van der Waals surface area contributed by atoms with Crippen LogP contribution in [0, 0.1) is 0 Å². The monoisotopic (exact) mass is 156 g/mol. The Morgan fingerprint density at radius 2 is 2.20 bits per heavy atom. The number of ketones is 1. The van der Waals surface area contributed by atoms with Gasteiger partial charge in [-0.1, -0.05) is 0 Å². The van der Waals surface area contributed by atoms with Crippen LogP contribution < -0.4 is 0 Å². The fourth-order valence-corrected chi connectivity index (χ4v) is 1.67. The molecule has 0 aromatic heterocycles. The molecule has 0 amide bonds. The third-order valence-electron chi connectivity index (χ3n) is 1.90. The molecule has 0 aromatic carbocycles. The Labute approximate surface area is 65.9 Å². The first-order valence-corrected chi connectivity index (χ1v) is 4.75. The van der Waals surface area contributed by atoms with Crippen molar-refractivity contribution in [2.75, 3.05) is 6.26 Å². The lowest BCUT2D eigenvalue weighted by Crippen LogP contribution is -1.92. The first kappa shape index (κ1) is 7.86. The van der Waals surface area contributed by atoms with Gasteiger partial charge in [-0.05, 0) is 30.9 Å². The summed E-state index contributed by atoms with van der Waals surface area (Å²) in [7, 11) is 0. The molecule has 2 heteroatoms. The molecule has 0 unspecified atom stereocenters. The molecule has 1 nitrogen and oxygen atoms in total. The van der Waals surface area contributed by atoms with Crippen molar-refractivity contribution in [1.82, 2.24) is 0 Å². The first-order valence-electron chi connectivity index (χ1n) is 3.52. The van der Waals surface area contributed by atoms with E-state index in [2.05, 4.69) is 0 Å². The zero-order valence-electron chi connectivity index (χ0n) is 6.44. The van der Waals surface area contributed by atoms with Gasteiger partial charge in [-0.2, -0.15) is 0 Å². The number of thioether (sulfide) groups is 1. The maximum Gasteiger partial charge on any atom is 0.159 e. The Morgan fingerprint density at radius 3 is 2.60 bits per heavy atom. The van der Waals surface area contributed by atoms with Crippen LogP contribution >= 0.6 is 11.8 Å². The number of carbonyl (C=O) groups excluding carboxylic acids is 1. The highest BCUT2D eigenvalue weighted by molar-refractivity contribution is 8.02. The Kier molecular flexibility index (Phi) is 2.55. The van der Waals surface area contributed by atoms with E-state index in [0.717, 1.165) is 24.8 Å². The molecule has 0 atom stereocenters. The van der Waals surface area contributed by atoms with Crippen LogP contribution in [0.5, 0.6) is 0 Å². The van der Waals surface area contributed by atoms with Crippen LogP contribution in [0.1, 0.15) is 26.2 Å². The quantitative estimate of drug-likeness (QED) is 0.542. The van der Waals surface area contributed by atoms with E-state index < -0.39 is 0 Å². The Hall–Kier alpha value is -0.240. The van der Waals surface area contributed by atoms with Crippen molar-refractivity contribution in [1.29, 1.82) is 0 Å². The summed E-state index contributed by atoms with van der Waals surface area (Å²) in [5.41, 5.74) is 1.08. The van der Waals surface area contributed by atoms with Crippen LogP contribution in [0.3, 0.4) is 0 Å². The van der Waals surface area contributed by atoms with Crippen molar-refractivity contribution < 1.29 is 4.79 Å².